The first-order chi connectivity index (χ1) is 12.6. The number of amides is 1. The van der Waals surface area contributed by atoms with Crippen molar-refractivity contribution in [2.24, 2.45) is 0 Å². The van der Waals surface area contributed by atoms with E-state index in [0.29, 0.717) is 30.7 Å². The molecule has 1 aliphatic heterocycles. The zero-order chi connectivity index (χ0) is 18.1. The summed E-state index contributed by atoms with van der Waals surface area (Å²) in [6.07, 6.45) is 1.56. The molecule has 1 fully saturated rings. The number of anilines is 1. The zero-order valence-corrected chi connectivity index (χ0v) is 14.4. The van der Waals surface area contributed by atoms with Crippen molar-refractivity contribution >= 4 is 17.6 Å². The molecule has 1 aromatic carbocycles. The number of aromatic nitrogens is 4. The van der Waals surface area contributed by atoms with Crippen molar-refractivity contribution in [1.29, 1.82) is 0 Å². The van der Waals surface area contributed by atoms with E-state index in [2.05, 4.69) is 20.4 Å². The Labute approximate surface area is 149 Å². The smallest absolute Gasteiger partial charge is 0.277 e. The van der Waals surface area contributed by atoms with Crippen molar-refractivity contribution in [3.05, 3.63) is 57.5 Å². The average Bonchev–Trinajstić information content (AvgIpc) is 3.29. The van der Waals surface area contributed by atoms with Gasteiger partial charge in [-0.3, -0.25) is 20.0 Å². The molecule has 2 aromatic heterocycles. The van der Waals surface area contributed by atoms with Gasteiger partial charge in [0.05, 0.1) is 5.69 Å². The third-order valence-corrected chi connectivity index (χ3v) is 4.48. The number of hydrogen-bond donors (Lipinski definition) is 2. The van der Waals surface area contributed by atoms with Crippen LogP contribution in [0.2, 0.25) is 0 Å². The molecule has 0 aliphatic carbocycles. The van der Waals surface area contributed by atoms with Gasteiger partial charge in [-0.1, -0.05) is 30.3 Å². The van der Waals surface area contributed by atoms with Crippen LogP contribution in [0.3, 0.4) is 0 Å². The van der Waals surface area contributed by atoms with E-state index in [4.69, 9.17) is 4.74 Å². The summed E-state index contributed by atoms with van der Waals surface area (Å²) in [4.78, 5) is 33.6. The van der Waals surface area contributed by atoms with Crippen molar-refractivity contribution in [2.45, 2.75) is 32.3 Å². The van der Waals surface area contributed by atoms with Gasteiger partial charge in [-0.2, -0.15) is 9.50 Å². The highest BCUT2D eigenvalue weighted by atomic mass is 16.5. The van der Waals surface area contributed by atoms with Crippen LogP contribution >= 0.6 is 0 Å². The van der Waals surface area contributed by atoms with E-state index >= 15 is 0 Å². The first-order valence-electron chi connectivity index (χ1n) is 8.56. The number of rotatable bonds is 4. The van der Waals surface area contributed by atoms with E-state index in [1.807, 2.05) is 30.3 Å². The lowest BCUT2D eigenvalue weighted by atomic mass is 10.1. The monoisotopic (exact) mass is 353 g/mol. The molecule has 26 heavy (non-hydrogen) atoms. The Hall–Kier alpha value is -3.00. The molecule has 134 valence electrons. The molecule has 0 unspecified atom stereocenters. The number of hydrogen-bond acceptors (Lipinski definition) is 5. The molecule has 3 heterocycles. The Morgan fingerprint density at radius 1 is 1.35 bits per heavy atom. The molecule has 8 nitrogen and oxygen atoms in total. The number of carbonyl (C=O) groups is 1. The molecule has 1 amide bonds. The molecule has 4 rings (SSSR count). The second-order valence-electron chi connectivity index (χ2n) is 6.34. The van der Waals surface area contributed by atoms with Gasteiger partial charge in [0.25, 0.3) is 17.2 Å². The minimum absolute atomic E-state index is 0.186. The van der Waals surface area contributed by atoms with Crippen molar-refractivity contribution in [3.63, 3.8) is 0 Å². The number of ether oxygens (including phenoxy) is 1. The predicted molar refractivity (Wildman–Crippen MR) is 95.2 cm³/mol. The first kappa shape index (κ1) is 16.5. The number of nitrogens with one attached hydrogen (secondary N) is 2. The highest BCUT2D eigenvalue weighted by Gasteiger charge is 2.24. The summed E-state index contributed by atoms with van der Waals surface area (Å²) in [5.74, 6) is 0.147. The fourth-order valence-electron chi connectivity index (χ4n) is 3.10. The van der Waals surface area contributed by atoms with Crippen LogP contribution in [0.4, 0.5) is 5.95 Å². The number of H-pyrrole nitrogens is 1. The van der Waals surface area contributed by atoms with E-state index in [0.717, 1.165) is 12.0 Å². The summed E-state index contributed by atoms with van der Waals surface area (Å²) >= 11 is 0. The lowest BCUT2D eigenvalue weighted by molar-refractivity contribution is -0.124. The highest BCUT2D eigenvalue weighted by Crippen LogP contribution is 2.14. The van der Waals surface area contributed by atoms with Gasteiger partial charge in [-0.25, -0.2) is 4.98 Å². The fourth-order valence-corrected chi connectivity index (χ4v) is 3.10. The molecule has 0 spiro atoms. The van der Waals surface area contributed by atoms with Crippen LogP contribution in [-0.4, -0.2) is 38.2 Å². The lowest BCUT2D eigenvalue weighted by Gasteiger charge is -2.07. The van der Waals surface area contributed by atoms with Crippen molar-refractivity contribution in [1.82, 2.24) is 19.6 Å². The number of aryl methyl sites for hydroxylation is 1. The Balaban J connectivity index is 1.64. The summed E-state index contributed by atoms with van der Waals surface area (Å²) < 4.78 is 6.61. The predicted octanol–water partition coefficient (Wildman–Crippen LogP) is 1.43. The third-order valence-electron chi connectivity index (χ3n) is 4.48. The Morgan fingerprint density at radius 3 is 2.88 bits per heavy atom. The van der Waals surface area contributed by atoms with Crippen LogP contribution in [0.15, 0.2) is 35.1 Å². The molecular weight excluding hydrogens is 334 g/mol. The number of carbonyl (C=O) groups excluding carboxylic acids is 1. The van der Waals surface area contributed by atoms with Crippen LogP contribution in [-0.2, 0) is 16.0 Å². The molecule has 0 bridgehead atoms. The van der Waals surface area contributed by atoms with E-state index in [1.54, 1.807) is 6.92 Å². The van der Waals surface area contributed by atoms with Crippen LogP contribution < -0.4 is 10.9 Å². The molecule has 8 heteroatoms. The largest absolute Gasteiger partial charge is 0.368 e. The maximum Gasteiger partial charge on any atom is 0.277 e. The zero-order valence-electron chi connectivity index (χ0n) is 14.4. The van der Waals surface area contributed by atoms with Crippen LogP contribution in [0, 0.1) is 6.92 Å². The van der Waals surface area contributed by atoms with Crippen LogP contribution in [0.25, 0.3) is 5.78 Å². The van der Waals surface area contributed by atoms with Crippen molar-refractivity contribution in [2.75, 3.05) is 11.9 Å². The van der Waals surface area contributed by atoms with E-state index in [9.17, 15) is 9.59 Å². The van der Waals surface area contributed by atoms with Gasteiger partial charge >= 0.3 is 0 Å². The SMILES string of the molecule is Cc1nc2nc(NC(=O)[C@H]3CCCO3)[nH]n2c(=O)c1Cc1ccccc1. The average molecular weight is 353 g/mol. The summed E-state index contributed by atoms with van der Waals surface area (Å²) in [5, 5.41) is 5.47. The second-order valence-corrected chi connectivity index (χ2v) is 6.34. The highest BCUT2D eigenvalue weighted by molar-refractivity contribution is 5.92. The minimum Gasteiger partial charge on any atom is -0.368 e. The van der Waals surface area contributed by atoms with Crippen LogP contribution in [0.1, 0.15) is 29.7 Å². The first-order valence-corrected chi connectivity index (χ1v) is 8.56. The normalized spacial score (nSPS) is 16.9. The molecule has 1 atom stereocenters. The second kappa shape index (κ2) is 6.72. The van der Waals surface area contributed by atoms with Gasteiger partial charge in [-0.05, 0) is 25.3 Å². The summed E-state index contributed by atoms with van der Waals surface area (Å²) in [7, 11) is 0. The van der Waals surface area contributed by atoms with Gasteiger partial charge < -0.3 is 4.74 Å². The topological polar surface area (TPSA) is 101 Å². The minimum atomic E-state index is -0.469. The lowest BCUT2D eigenvalue weighted by Crippen LogP contribution is -2.27. The van der Waals surface area contributed by atoms with Gasteiger partial charge in [0.2, 0.25) is 5.95 Å². The molecule has 0 radical (unpaired) electrons. The molecule has 1 saturated heterocycles. The fraction of sp³-hybridized carbons (Fsp3) is 0.333. The van der Waals surface area contributed by atoms with Gasteiger partial charge in [0, 0.05) is 18.6 Å². The Morgan fingerprint density at radius 2 is 2.15 bits per heavy atom. The van der Waals surface area contributed by atoms with E-state index in [-0.39, 0.29) is 23.2 Å². The molecule has 0 saturated carbocycles. The van der Waals surface area contributed by atoms with E-state index in [1.165, 1.54) is 4.52 Å². The molecular formula is C18H19N5O3. The summed E-state index contributed by atoms with van der Waals surface area (Å²) in [6, 6.07) is 9.73. The van der Waals surface area contributed by atoms with E-state index < -0.39 is 6.10 Å². The number of nitrogens with zero attached hydrogens (tertiary/aromatic N) is 3. The van der Waals surface area contributed by atoms with Crippen molar-refractivity contribution in [3.8, 4) is 0 Å². The third kappa shape index (κ3) is 3.11. The molecule has 3 aromatic rings. The quantitative estimate of drug-likeness (QED) is 0.739. The standard InChI is InChI=1S/C18H19N5O3/c1-11-13(10-12-6-3-2-4-7-12)16(25)23-18(19-11)21-17(22-23)20-15(24)14-8-5-9-26-14/h2-4,6-7,14H,5,8-10H2,1H3,(H2,19,20,21,22,24)/t14-/m1/s1. The number of benzene rings is 1. The maximum atomic E-state index is 12.8. The summed E-state index contributed by atoms with van der Waals surface area (Å²) in [6.45, 7) is 2.38. The van der Waals surface area contributed by atoms with Gasteiger partial charge in [-0.15, -0.1) is 0 Å². The number of aromatic amines is 1. The summed E-state index contributed by atoms with van der Waals surface area (Å²) in [5.41, 5.74) is 2.03. The molecule has 1 aliphatic rings. The van der Waals surface area contributed by atoms with Gasteiger partial charge in [0.1, 0.15) is 6.10 Å². The van der Waals surface area contributed by atoms with Crippen LogP contribution in [0.5, 0.6) is 0 Å². The number of fused-ring (bicyclic) bond motifs is 1. The Kier molecular flexibility index (Phi) is 4.26. The van der Waals surface area contributed by atoms with Gasteiger partial charge in [0.15, 0.2) is 0 Å². The maximum absolute atomic E-state index is 12.8. The molecule has 2 N–H and O–H groups in total. The van der Waals surface area contributed by atoms with Crippen molar-refractivity contribution < 1.29 is 9.53 Å². The Bertz CT molecular complexity index is 1000.